The molecule has 1 aromatic heterocycles. The van der Waals surface area contributed by atoms with Gasteiger partial charge >= 0.3 is 0 Å². The van der Waals surface area contributed by atoms with Gasteiger partial charge in [0.2, 0.25) is 5.13 Å². The largest absolute Gasteiger partial charge is 0.359 e. The number of nitrogens with one attached hydrogen (secondary N) is 1. The number of anilines is 1. The Balaban J connectivity index is 2.36. The van der Waals surface area contributed by atoms with Gasteiger partial charge in [0.1, 0.15) is 5.82 Å². The van der Waals surface area contributed by atoms with Gasteiger partial charge in [-0.15, -0.1) is 0 Å². The van der Waals surface area contributed by atoms with E-state index in [-0.39, 0.29) is 0 Å². The quantitative estimate of drug-likeness (QED) is 0.821. The van der Waals surface area contributed by atoms with Crippen LogP contribution in [0.2, 0.25) is 0 Å². The second-order valence-electron chi connectivity index (χ2n) is 2.80. The Morgan fingerprint density at radius 2 is 2.38 bits per heavy atom. The first-order valence-corrected chi connectivity index (χ1v) is 6.41. The average molecular weight is 217 g/mol. The average Bonchev–Trinajstić information content (AvgIpc) is 2.61. The summed E-state index contributed by atoms with van der Waals surface area (Å²) in [5, 5.41) is 4.84. The van der Waals surface area contributed by atoms with E-state index in [1.165, 1.54) is 11.5 Å². The summed E-state index contributed by atoms with van der Waals surface area (Å²) in [5.74, 6) is 0.935. The Kier molecular flexibility index (Phi) is 4.52. The summed E-state index contributed by atoms with van der Waals surface area (Å²) in [6.45, 7) is 5.22. The smallest absolute Gasteiger partial charge is 0.202 e. The van der Waals surface area contributed by atoms with E-state index in [4.69, 9.17) is 0 Å². The predicted molar refractivity (Wildman–Crippen MR) is 60.8 cm³/mol. The van der Waals surface area contributed by atoms with Crippen molar-refractivity contribution < 1.29 is 0 Å². The van der Waals surface area contributed by atoms with Crippen LogP contribution in [0.15, 0.2) is 0 Å². The molecular formula is C8H15N3S2. The van der Waals surface area contributed by atoms with Crippen LogP contribution in [0.4, 0.5) is 5.13 Å². The lowest BCUT2D eigenvalue weighted by Gasteiger charge is -2.07. The van der Waals surface area contributed by atoms with Gasteiger partial charge in [0.25, 0.3) is 0 Å². The molecule has 3 nitrogen and oxygen atoms in total. The first-order chi connectivity index (χ1) is 6.26. The number of hydrogen-bond donors (Lipinski definition) is 1. The van der Waals surface area contributed by atoms with Crippen molar-refractivity contribution >= 4 is 28.4 Å². The second-order valence-corrected chi connectivity index (χ2v) is 4.82. The number of hydrogen-bond acceptors (Lipinski definition) is 5. The highest BCUT2D eigenvalue weighted by Crippen LogP contribution is 2.13. The SMILES string of the molecule is CCc1nsc(NCC(C)SC)n1. The van der Waals surface area contributed by atoms with Crippen molar-refractivity contribution in [3.63, 3.8) is 0 Å². The van der Waals surface area contributed by atoms with Gasteiger partial charge in [-0.25, -0.2) is 4.98 Å². The third-order valence-electron chi connectivity index (χ3n) is 1.73. The van der Waals surface area contributed by atoms with E-state index in [2.05, 4.69) is 34.8 Å². The summed E-state index contributed by atoms with van der Waals surface area (Å²) in [6.07, 6.45) is 3.03. The van der Waals surface area contributed by atoms with Crippen molar-refractivity contribution in [2.45, 2.75) is 25.5 Å². The number of aryl methyl sites for hydroxylation is 1. The van der Waals surface area contributed by atoms with E-state index < -0.39 is 0 Å². The normalized spacial score (nSPS) is 12.8. The third-order valence-corrected chi connectivity index (χ3v) is 3.41. The fourth-order valence-electron chi connectivity index (χ4n) is 0.784. The fraction of sp³-hybridized carbons (Fsp3) is 0.750. The number of aromatic nitrogens is 2. The molecule has 0 radical (unpaired) electrons. The molecule has 0 spiro atoms. The standard InChI is InChI=1S/C8H15N3S2/c1-4-7-10-8(13-11-7)9-5-6(2)12-3/h6H,4-5H2,1-3H3,(H,9,10,11). The number of nitrogens with zero attached hydrogens (tertiary/aromatic N) is 2. The minimum Gasteiger partial charge on any atom is -0.359 e. The molecule has 0 saturated carbocycles. The Morgan fingerprint density at radius 3 is 2.92 bits per heavy atom. The summed E-state index contributed by atoms with van der Waals surface area (Å²) >= 11 is 3.30. The molecule has 74 valence electrons. The van der Waals surface area contributed by atoms with E-state index in [1.54, 1.807) is 0 Å². The zero-order valence-corrected chi connectivity index (χ0v) is 9.84. The van der Waals surface area contributed by atoms with Crippen LogP contribution in [0, 0.1) is 0 Å². The van der Waals surface area contributed by atoms with Gasteiger partial charge < -0.3 is 5.32 Å². The monoisotopic (exact) mass is 217 g/mol. The van der Waals surface area contributed by atoms with Crippen LogP contribution in [0.1, 0.15) is 19.7 Å². The third kappa shape index (κ3) is 3.52. The molecule has 0 aliphatic heterocycles. The van der Waals surface area contributed by atoms with E-state index >= 15 is 0 Å². The lowest BCUT2D eigenvalue weighted by molar-refractivity contribution is 0.972. The Labute approximate surface area is 87.5 Å². The van der Waals surface area contributed by atoms with Crippen LogP contribution >= 0.6 is 23.3 Å². The van der Waals surface area contributed by atoms with Crippen LogP contribution in [0.25, 0.3) is 0 Å². The van der Waals surface area contributed by atoms with E-state index in [9.17, 15) is 0 Å². The highest BCUT2D eigenvalue weighted by molar-refractivity contribution is 7.99. The Bertz CT molecular complexity index is 249. The summed E-state index contributed by atoms with van der Waals surface area (Å²) in [5.41, 5.74) is 0. The summed E-state index contributed by atoms with van der Waals surface area (Å²) in [6, 6.07) is 0. The molecule has 0 fully saturated rings. The van der Waals surface area contributed by atoms with Crippen molar-refractivity contribution in [2.75, 3.05) is 18.1 Å². The molecule has 5 heteroatoms. The van der Waals surface area contributed by atoms with Gasteiger partial charge in [-0.2, -0.15) is 16.1 Å². The molecule has 13 heavy (non-hydrogen) atoms. The number of rotatable bonds is 5. The fourth-order valence-corrected chi connectivity index (χ4v) is 1.69. The van der Waals surface area contributed by atoms with Crippen molar-refractivity contribution in [1.82, 2.24) is 9.36 Å². The molecule has 1 N–H and O–H groups in total. The van der Waals surface area contributed by atoms with Gasteiger partial charge in [0.05, 0.1) is 0 Å². The molecule has 1 aromatic rings. The maximum absolute atomic E-state index is 4.32. The minimum absolute atomic E-state index is 0.619. The Hall–Kier alpha value is -0.290. The summed E-state index contributed by atoms with van der Waals surface area (Å²) in [4.78, 5) is 4.32. The van der Waals surface area contributed by atoms with E-state index in [0.717, 1.165) is 23.9 Å². The molecule has 0 amide bonds. The van der Waals surface area contributed by atoms with Gasteiger partial charge in [-0.05, 0) is 6.26 Å². The topological polar surface area (TPSA) is 37.8 Å². The van der Waals surface area contributed by atoms with Crippen LogP contribution in [0.3, 0.4) is 0 Å². The highest BCUT2D eigenvalue weighted by Gasteiger charge is 2.03. The van der Waals surface area contributed by atoms with Gasteiger partial charge in [-0.1, -0.05) is 13.8 Å². The first-order valence-electron chi connectivity index (χ1n) is 4.35. The van der Waals surface area contributed by atoms with Crippen LogP contribution in [0.5, 0.6) is 0 Å². The van der Waals surface area contributed by atoms with Crippen LogP contribution in [-0.4, -0.2) is 27.4 Å². The highest BCUT2D eigenvalue weighted by atomic mass is 32.2. The van der Waals surface area contributed by atoms with Gasteiger partial charge in [0.15, 0.2) is 0 Å². The van der Waals surface area contributed by atoms with E-state index in [0.29, 0.717) is 5.25 Å². The number of thioether (sulfide) groups is 1. The molecule has 0 saturated heterocycles. The lowest BCUT2D eigenvalue weighted by Crippen LogP contribution is -2.12. The summed E-state index contributed by atoms with van der Waals surface area (Å²) in [7, 11) is 0. The van der Waals surface area contributed by atoms with Crippen molar-refractivity contribution in [2.24, 2.45) is 0 Å². The molecule has 1 heterocycles. The molecular weight excluding hydrogens is 202 g/mol. The molecule has 1 atom stereocenters. The molecule has 1 unspecified atom stereocenters. The molecule has 0 aromatic carbocycles. The Morgan fingerprint density at radius 1 is 1.62 bits per heavy atom. The van der Waals surface area contributed by atoms with E-state index in [1.807, 2.05) is 11.8 Å². The maximum Gasteiger partial charge on any atom is 0.202 e. The maximum atomic E-state index is 4.32. The molecule has 1 rings (SSSR count). The van der Waals surface area contributed by atoms with Crippen LogP contribution < -0.4 is 5.32 Å². The lowest BCUT2D eigenvalue weighted by atomic mass is 10.5. The molecule has 0 bridgehead atoms. The van der Waals surface area contributed by atoms with Crippen molar-refractivity contribution in [3.05, 3.63) is 5.82 Å². The van der Waals surface area contributed by atoms with Crippen LogP contribution in [-0.2, 0) is 6.42 Å². The van der Waals surface area contributed by atoms with Gasteiger partial charge in [0, 0.05) is 29.7 Å². The first kappa shape index (κ1) is 10.8. The predicted octanol–water partition coefficient (Wildman–Crippen LogP) is 2.26. The second kappa shape index (κ2) is 5.44. The summed E-state index contributed by atoms with van der Waals surface area (Å²) < 4.78 is 4.20. The molecule has 0 aliphatic rings. The van der Waals surface area contributed by atoms with Crippen molar-refractivity contribution in [1.29, 1.82) is 0 Å². The minimum atomic E-state index is 0.619. The van der Waals surface area contributed by atoms with Gasteiger partial charge in [-0.3, -0.25) is 0 Å². The zero-order chi connectivity index (χ0) is 9.68. The van der Waals surface area contributed by atoms with Crippen molar-refractivity contribution in [3.8, 4) is 0 Å². The molecule has 0 aliphatic carbocycles. The zero-order valence-electron chi connectivity index (χ0n) is 8.20.